The average molecular weight is 1440 g/mol. The number of nitrogens with zero attached hydrogens (tertiary/aromatic N) is 4. The lowest BCUT2D eigenvalue weighted by Crippen LogP contribution is -2.24. The summed E-state index contributed by atoms with van der Waals surface area (Å²) in [7, 11) is 0. The zero-order valence-corrected chi connectivity index (χ0v) is 62.7. The fourth-order valence-corrected chi connectivity index (χ4v) is 20.7. The van der Waals surface area contributed by atoms with Crippen LogP contribution in [0.25, 0.3) is 98.0 Å². The second-order valence-electron chi connectivity index (χ2n) is 32.6. The SMILES string of the molecule is CC1(C)c2ccccc2-c2cccc(N(c3ccc4c5c6c(cc4c3)Oc3c4c(cc7cc(N(c8cccc9c8C(C)(C)c8ccccc8-9)c8cccc9ccccc89)ccc37)Oc3c(c(cc7cc(N(c8cccc9c8C(C)(C)c8ccccc8-9)c8cccc9ccccc89)ccc37)O5)N64)c3cccc4ccccc34)c21. The van der Waals surface area contributed by atoms with Crippen molar-refractivity contribution in [3.8, 4) is 67.9 Å². The Morgan fingerprint density at radius 1 is 0.223 bits per heavy atom. The summed E-state index contributed by atoms with van der Waals surface area (Å²) in [5.74, 6) is 4.18. The fourth-order valence-electron chi connectivity index (χ4n) is 20.7. The van der Waals surface area contributed by atoms with E-state index in [0.29, 0.717) is 34.5 Å². The zero-order chi connectivity index (χ0) is 74.4. The topological polar surface area (TPSA) is 40.6 Å². The molecule has 7 heteroatoms. The van der Waals surface area contributed by atoms with Crippen LogP contribution in [0.3, 0.4) is 0 Å². The van der Waals surface area contributed by atoms with Crippen LogP contribution >= 0.6 is 0 Å². The van der Waals surface area contributed by atoms with Gasteiger partial charge in [-0.25, -0.2) is 0 Å². The molecule has 0 fully saturated rings. The number of hydrogen-bond acceptors (Lipinski definition) is 7. The van der Waals surface area contributed by atoms with Gasteiger partial charge in [0.25, 0.3) is 0 Å². The summed E-state index contributed by atoms with van der Waals surface area (Å²) >= 11 is 0. The molecule has 0 spiro atoms. The Balaban J connectivity index is 0.744. The Bertz CT molecular complexity index is 6570. The molecule has 3 aliphatic carbocycles. The van der Waals surface area contributed by atoms with Crippen LogP contribution in [0.5, 0.6) is 34.5 Å². The molecule has 0 aromatic heterocycles. The maximum Gasteiger partial charge on any atom is 0.163 e. The van der Waals surface area contributed by atoms with Gasteiger partial charge in [-0.3, -0.25) is 4.90 Å². The van der Waals surface area contributed by atoms with Gasteiger partial charge in [0.05, 0.1) is 34.1 Å². The van der Waals surface area contributed by atoms with E-state index in [-0.39, 0.29) is 16.2 Å². The Kier molecular flexibility index (Phi) is 12.7. The van der Waals surface area contributed by atoms with Crippen molar-refractivity contribution in [1.29, 1.82) is 0 Å². The average Bonchev–Trinajstić information content (AvgIpc) is 1.03. The molecule has 6 aliphatic rings. The summed E-state index contributed by atoms with van der Waals surface area (Å²) in [6.07, 6.45) is 0. The second-order valence-corrected chi connectivity index (χ2v) is 32.6. The lowest BCUT2D eigenvalue weighted by atomic mass is 9.81. The highest BCUT2D eigenvalue weighted by Gasteiger charge is 2.47. The van der Waals surface area contributed by atoms with Crippen molar-refractivity contribution in [1.82, 2.24) is 0 Å². The van der Waals surface area contributed by atoms with Crippen molar-refractivity contribution in [3.63, 3.8) is 0 Å². The van der Waals surface area contributed by atoms with Crippen LogP contribution in [0.4, 0.5) is 68.2 Å². The Labute approximate surface area is 649 Å². The van der Waals surface area contributed by atoms with E-state index in [2.05, 4.69) is 389 Å². The van der Waals surface area contributed by atoms with Gasteiger partial charge in [-0.1, -0.05) is 260 Å². The number of rotatable bonds is 9. The molecule has 0 amide bonds. The monoisotopic (exact) mass is 1440 g/mol. The highest BCUT2D eigenvalue weighted by molar-refractivity contribution is 6.16. The van der Waals surface area contributed by atoms with Gasteiger partial charge in [-0.2, -0.15) is 0 Å². The molecule has 0 bridgehead atoms. The van der Waals surface area contributed by atoms with E-state index in [1.54, 1.807) is 0 Å². The molecule has 3 aliphatic heterocycles. The Morgan fingerprint density at radius 3 is 0.804 bits per heavy atom. The minimum absolute atomic E-state index is 0.309. The highest BCUT2D eigenvalue weighted by Crippen LogP contribution is 2.71. The van der Waals surface area contributed by atoms with E-state index < -0.39 is 0 Å². The van der Waals surface area contributed by atoms with Crippen molar-refractivity contribution >= 4 is 133 Å². The van der Waals surface area contributed by atoms with Crippen molar-refractivity contribution in [2.75, 3.05) is 19.6 Å². The summed E-state index contributed by atoms with van der Waals surface area (Å²) < 4.78 is 23.2. The van der Waals surface area contributed by atoms with Crippen molar-refractivity contribution in [3.05, 3.63) is 361 Å². The summed E-state index contributed by atoms with van der Waals surface area (Å²) in [4.78, 5) is 9.90. The summed E-state index contributed by atoms with van der Waals surface area (Å²) in [6, 6.07) is 121. The molecular weight excluding hydrogens is 1370 g/mol. The van der Waals surface area contributed by atoms with Gasteiger partial charge in [0.15, 0.2) is 34.5 Å². The fraction of sp³-hybridized carbons (Fsp3) is 0.0857. The molecule has 0 saturated carbocycles. The number of ether oxygens (including phenoxy) is 3. The van der Waals surface area contributed by atoms with Crippen LogP contribution in [-0.2, 0) is 16.2 Å². The van der Waals surface area contributed by atoms with E-state index in [9.17, 15) is 0 Å². The highest BCUT2D eigenvalue weighted by atomic mass is 16.5. The largest absolute Gasteiger partial charge is 0.452 e. The smallest absolute Gasteiger partial charge is 0.163 e. The van der Waals surface area contributed by atoms with Gasteiger partial charge < -0.3 is 28.9 Å². The second kappa shape index (κ2) is 22.6. The number of hydrogen-bond donors (Lipinski definition) is 0. The summed E-state index contributed by atoms with van der Waals surface area (Å²) in [5.41, 5.74) is 26.7. The normalized spacial score (nSPS) is 14.6. The molecule has 3 heterocycles. The summed E-state index contributed by atoms with van der Waals surface area (Å²) in [6.45, 7) is 14.3. The quantitative estimate of drug-likeness (QED) is 0.143. The Morgan fingerprint density at radius 2 is 0.482 bits per heavy atom. The molecule has 0 radical (unpaired) electrons. The number of anilines is 12. The van der Waals surface area contributed by atoms with Crippen molar-refractivity contribution in [2.45, 2.75) is 57.8 Å². The number of fused-ring (bicyclic) bond motifs is 18. The summed E-state index contributed by atoms with van der Waals surface area (Å²) in [5, 5.41) is 12.7. The van der Waals surface area contributed by atoms with Crippen LogP contribution < -0.4 is 33.8 Å². The third-order valence-electron chi connectivity index (χ3n) is 25.5. The minimum Gasteiger partial charge on any atom is -0.452 e. The van der Waals surface area contributed by atoms with E-state index in [0.717, 1.165) is 117 Å². The molecule has 0 N–H and O–H groups in total. The predicted molar refractivity (Wildman–Crippen MR) is 463 cm³/mol. The standard InChI is InChI=1S/C105H72N4O3/c1-103(2)82-40-16-13-34-76(82)79-37-22-46-88(94(79)103)106(85-43-19-28-61-25-7-10-31-70(61)85)67-49-52-73-64(55-67)58-91-97-100(73)111-92-59-65-56-69(108(87-45-21-30-63-27-9-12-33-72(63)87)90-48-24-39-81-78-36-15-18-42-84(78)105(5,6)96(81)90)51-54-75(65)102-98(92)109(97)99-93(112-102)60-66-57-68(50-53-74(66)101(99)110-91)107(86-44-20-29-62-26-8-11-32-71(62)86)89-47-23-38-80-77-35-14-17-41-83(77)104(3,4)95(80)89/h7-60H,1-6H3. The number of benzene rings is 18. The minimum atomic E-state index is -0.309. The zero-order valence-electron chi connectivity index (χ0n) is 62.7. The molecule has 112 heavy (non-hydrogen) atoms. The third-order valence-corrected chi connectivity index (χ3v) is 25.5. The molecule has 18 aromatic carbocycles. The molecule has 18 aromatic rings. The Hall–Kier alpha value is -13.9. The first-order valence-corrected chi connectivity index (χ1v) is 39.0. The first-order valence-electron chi connectivity index (χ1n) is 39.0. The third kappa shape index (κ3) is 8.54. The van der Waals surface area contributed by atoms with E-state index in [4.69, 9.17) is 14.2 Å². The lowest BCUT2D eigenvalue weighted by molar-refractivity contribution is 0.426. The van der Waals surface area contributed by atoms with E-state index in [1.807, 2.05) is 0 Å². The van der Waals surface area contributed by atoms with Crippen LogP contribution in [0, 0.1) is 0 Å². The molecule has 0 saturated heterocycles. The molecule has 24 rings (SSSR count). The first-order chi connectivity index (χ1) is 54.8. The molecule has 0 unspecified atom stereocenters. The van der Waals surface area contributed by atoms with E-state index in [1.165, 1.54) is 82.9 Å². The van der Waals surface area contributed by atoms with Gasteiger partial charge in [-0.05, 0) is 208 Å². The molecular formula is C105H72N4O3. The maximum absolute atomic E-state index is 7.75. The molecule has 530 valence electrons. The van der Waals surface area contributed by atoms with Crippen LogP contribution in [0.1, 0.15) is 74.9 Å². The molecule has 0 atom stereocenters. The van der Waals surface area contributed by atoms with Gasteiger partial charge in [0, 0.05) is 65.6 Å². The van der Waals surface area contributed by atoms with Crippen LogP contribution in [0.15, 0.2) is 328 Å². The first kappa shape index (κ1) is 63.1. The molecule has 7 nitrogen and oxygen atoms in total. The van der Waals surface area contributed by atoms with Crippen molar-refractivity contribution in [2.24, 2.45) is 0 Å². The van der Waals surface area contributed by atoms with Gasteiger partial charge in [0.1, 0.15) is 17.1 Å². The lowest BCUT2D eigenvalue weighted by Gasteiger charge is -2.43. The van der Waals surface area contributed by atoms with Crippen LogP contribution in [-0.4, -0.2) is 0 Å². The van der Waals surface area contributed by atoms with Gasteiger partial charge in [-0.15, -0.1) is 0 Å². The van der Waals surface area contributed by atoms with Gasteiger partial charge in [0.2, 0.25) is 0 Å². The maximum atomic E-state index is 7.75. The van der Waals surface area contributed by atoms with Gasteiger partial charge >= 0.3 is 0 Å². The predicted octanol–water partition coefficient (Wildman–Crippen LogP) is 29.7. The van der Waals surface area contributed by atoms with E-state index >= 15 is 0 Å². The van der Waals surface area contributed by atoms with Crippen molar-refractivity contribution < 1.29 is 14.2 Å². The van der Waals surface area contributed by atoms with Crippen LogP contribution in [0.2, 0.25) is 0 Å².